The van der Waals surface area contributed by atoms with Crippen LogP contribution in [0.5, 0.6) is 5.75 Å². The molecular formula is C14H12F2N2O2. The zero-order chi connectivity index (χ0) is 14.7. The maximum Gasteiger partial charge on any atom is 0.258 e. The van der Waals surface area contributed by atoms with Crippen LogP contribution < -0.4 is 15.8 Å². The van der Waals surface area contributed by atoms with Gasteiger partial charge in [0, 0.05) is 17.4 Å². The van der Waals surface area contributed by atoms with Gasteiger partial charge in [0.2, 0.25) is 0 Å². The number of hydrogen-bond acceptors (Lipinski definition) is 3. The normalized spacial score (nSPS) is 10.2. The van der Waals surface area contributed by atoms with Crippen molar-refractivity contribution in [2.24, 2.45) is 0 Å². The van der Waals surface area contributed by atoms with Crippen LogP contribution in [0.2, 0.25) is 0 Å². The number of anilines is 2. The number of nitrogens with one attached hydrogen (secondary N) is 1. The van der Waals surface area contributed by atoms with Gasteiger partial charge in [0.05, 0.1) is 12.7 Å². The van der Waals surface area contributed by atoms with Crippen molar-refractivity contribution < 1.29 is 18.3 Å². The van der Waals surface area contributed by atoms with E-state index in [9.17, 15) is 13.6 Å². The number of rotatable bonds is 3. The lowest BCUT2D eigenvalue weighted by atomic mass is 10.1. The topological polar surface area (TPSA) is 64.3 Å². The Morgan fingerprint density at radius 3 is 2.55 bits per heavy atom. The first kappa shape index (κ1) is 13.8. The molecule has 0 aliphatic carbocycles. The van der Waals surface area contributed by atoms with E-state index in [1.54, 1.807) is 0 Å². The minimum Gasteiger partial charge on any atom is -0.494 e. The Morgan fingerprint density at radius 1 is 1.15 bits per heavy atom. The van der Waals surface area contributed by atoms with Gasteiger partial charge in [0.25, 0.3) is 5.91 Å². The lowest BCUT2D eigenvalue weighted by Gasteiger charge is -2.09. The second-order valence-electron chi connectivity index (χ2n) is 4.04. The van der Waals surface area contributed by atoms with Crippen LogP contribution in [0.25, 0.3) is 0 Å². The first-order valence-electron chi connectivity index (χ1n) is 5.71. The fourth-order valence-corrected chi connectivity index (χ4v) is 1.65. The van der Waals surface area contributed by atoms with Gasteiger partial charge in [-0.25, -0.2) is 8.78 Å². The van der Waals surface area contributed by atoms with E-state index in [2.05, 4.69) is 5.32 Å². The number of amides is 1. The number of halogens is 2. The number of methoxy groups -OCH3 is 1. The van der Waals surface area contributed by atoms with Gasteiger partial charge in [0.15, 0.2) is 11.6 Å². The van der Waals surface area contributed by atoms with Crippen LogP contribution in [0.3, 0.4) is 0 Å². The number of nitrogen functional groups attached to an aromatic ring is 1. The first-order chi connectivity index (χ1) is 9.51. The second-order valence-corrected chi connectivity index (χ2v) is 4.04. The van der Waals surface area contributed by atoms with E-state index in [0.29, 0.717) is 0 Å². The van der Waals surface area contributed by atoms with Crippen LogP contribution >= 0.6 is 0 Å². The maximum absolute atomic E-state index is 13.5. The van der Waals surface area contributed by atoms with Crippen molar-refractivity contribution in [2.75, 3.05) is 18.2 Å². The summed E-state index contributed by atoms with van der Waals surface area (Å²) in [5.74, 6) is -1.94. The predicted molar refractivity (Wildman–Crippen MR) is 71.7 cm³/mol. The van der Waals surface area contributed by atoms with E-state index in [1.807, 2.05) is 0 Å². The van der Waals surface area contributed by atoms with Crippen LogP contribution in [0, 0.1) is 11.6 Å². The predicted octanol–water partition coefficient (Wildman–Crippen LogP) is 2.81. The van der Waals surface area contributed by atoms with Gasteiger partial charge in [0.1, 0.15) is 5.82 Å². The highest BCUT2D eigenvalue weighted by molar-refractivity contribution is 6.05. The van der Waals surface area contributed by atoms with Crippen molar-refractivity contribution in [3.8, 4) is 5.75 Å². The summed E-state index contributed by atoms with van der Waals surface area (Å²) in [6.45, 7) is 0. The largest absolute Gasteiger partial charge is 0.494 e. The zero-order valence-corrected chi connectivity index (χ0v) is 10.6. The van der Waals surface area contributed by atoms with Crippen molar-refractivity contribution in [3.05, 3.63) is 53.6 Å². The molecule has 2 aromatic carbocycles. The number of carbonyl (C=O) groups excluding carboxylic acids is 1. The van der Waals surface area contributed by atoms with Crippen molar-refractivity contribution >= 4 is 17.3 Å². The molecule has 0 fully saturated rings. The number of carbonyl (C=O) groups is 1. The lowest BCUT2D eigenvalue weighted by molar-refractivity contribution is 0.102. The number of nitrogens with two attached hydrogens (primary N) is 1. The Kier molecular flexibility index (Phi) is 3.84. The maximum atomic E-state index is 13.5. The molecule has 6 heteroatoms. The summed E-state index contributed by atoms with van der Waals surface area (Å²) in [6, 6.07) is 7.48. The molecule has 2 aromatic rings. The molecule has 3 N–H and O–H groups in total. The fourth-order valence-electron chi connectivity index (χ4n) is 1.65. The van der Waals surface area contributed by atoms with E-state index in [1.165, 1.54) is 31.4 Å². The highest BCUT2D eigenvalue weighted by atomic mass is 19.1. The summed E-state index contributed by atoms with van der Waals surface area (Å²) in [5, 5.41) is 2.45. The average molecular weight is 278 g/mol. The quantitative estimate of drug-likeness (QED) is 0.848. The Hall–Kier alpha value is -2.63. The van der Waals surface area contributed by atoms with Crippen molar-refractivity contribution in [3.63, 3.8) is 0 Å². The van der Waals surface area contributed by atoms with Gasteiger partial charge in [-0.15, -0.1) is 0 Å². The molecule has 1 amide bonds. The SMILES string of the molecule is COc1cc(NC(=O)c2cc(N)ccc2F)ccc1F. The third-order valence-corrected chi connectivity index (χ3v) is 2.64. The second kappa shape index (κ2) is 5.56. The Labute approximate surface area is 114 Å². The van der Waals surface area contributed by atoms with Crippen LogP contribution in [-0.4, -0.2) is 13.0 Å². The van der Waals surface area contributed by atoms with Crippen LogP contribution in [0.15, 0.2) is 36.4 Å². The Balaban J connectivity index is 2.25. The van der Waals surface area contributed by atoms with E-state index in [-0.39, 0.29) is 22.7 Å². The Morgan fingerprint density at radius 2 is 1.85 bits per heavy atom. The molecule has 0 aliphatic rings. The van der Waals surface area contributed by atoms with Gasteiger partial charge in [-0.2, -0.15) is 0 Å². The van der Waals surface area contributed by atoms with Crippen LogP contribution in [-0.2, 0) is 0 Å². The van der Waals surface area contributed by atoms with E-state index < -0.39 is 17.5 Å². The molecule has 0 spiro atoms. The minimum atomic E-state index is -0.689. The molecule has 0 heterocycles. The molecule has 0 aliphatic heterocycles. The molecule has 0 unspecified atom stereocenters. The molecule has 0 bridgehead atoms. The third-order valence-electron chi connectivity index (χ3n) is 2.64. The number of ether oxygens (including phenoxy) is 1. The molecule has 0 atom stereocenters. The molecule has 0 radical (unpaired) electrons. The number of benzene rings is 2. The summed E-state index contributed by atoms with van der Waals surface area (Å²) in [4.78, 5) is 11.9. The molecule has 0 aromatic heterocycles. The van der Waals surface area contributed by atoms with Gasteiger partial charge < -0.3 is 15.8 Å². The van der Waals surface area contributed by atoms with Gasteiger partial charge in [-0.05, 0) is 30.3 Å². The summed E-state index contributed by atoms with van der Waals surface area (Å²) in [7, 11) is 1.31. The van der Waals surface area contributed by atoms with Gasteiger partial charge >= 0.3 is 0 Å². The van der Waals surface area contributed by atoms with Gasteiger partial charge in [-0.1, -0.05) is 0 Å². The number of hydrogen-bond donors (Lipinski definition) is 2. The highest BCUT2D eigenvalue weighted by Crippen LogP contribution is 2.22. The lowest BCUT2D eigenvalue weighted by Crippen LogP contribution is -2.14. The first-order valence-corrected chi connectivity index (χ1v) is 5.71. The van der Waals surface area contributed by atoms with E-state index in [0.717, 1.165) is 12.1 Å². The molecule has 0 saturated heterocycles. The zero-order valence-electron chi connectivity index (χ0n) is 10.6. The standard InChI is InChI=1S/C14H12F2N2O2/c1-20-13-7-9(3-5-12(13)16)18-14(19)10-6-8(17)2-4-11(10)15/h2-7H,17H2,1H3,(H,18,19). The van der Waals surface area contributed by atoms with Crippen LogP contribution in [0.4, 0.5) is 20.2 Å². The third kappa shape index (κ3) is 2.85. The molecule has 4 nitrogen and oxygen atoms in total. The smallest absolute Gasteiger partial charge is 0.258 e. The van der Waals surface area contributed by atoms with Gasteiger partial charge in [-0.3, -0.25) is 4.79 Å². The molecule has 104 valence electrons. The summed E-state index contributed by atoms with van der Waals surface area (Å²) in [5.41, 5.74) is 5.88. The monoisotopic (exact) mass is 278 g/mol. The molecule has 2 rings (SSSR count). The minimum absolute atomic E-state index is 0.0177. The Bertz CT molecular complexity index is 660. The van der Waals surface area contributed by atoms with Crippen molar-refractivity contribution in [2.45, 2.75) is 0 Å². The summed E-state index contributed by atoms with van der Waals surface area (Å²) in [6.07, 6.45) is 0. The van der Waals surface area contributed by atoms with Crippen molar-refractivity contribution in [1.29, 1.82) is 0 Å². The fraction of sp³-hybridized carbons (Fsp3) is 0.0714. The summed E-state index contributed by atoms with van der Waals surface area (Å²) < 4.78 is 31.6. The van der Waals surface area contributed by atoms with E-state index in [4.69, 9.17) is 10.5 Å². The van der Waals surface area contributed by atoms with E-state index >= 15 is 0 Å². The highest BCUT2D eigenvalue weighted by Gasteiger charge is 2.13. The average Bonchev–Trinajstić information content (AvgIpc) is 2.43. The molecule has 20 heavy (non-hydrogen) atoms. The molecular weight excluding hydrogens is 266 g/mol. The molecule has 0 saturated carbocycles. The van der Waals surface area contributed by atoms with Crippen LogP contribution in [0.1, 0.15) is 10.4 Å². The van der Waals surface area contributed by atoms with Crippen molar-refractivity contribution in [1.82, 2.24) is 0 Å². The summed E-state index contributed by atoms with van der Waals surface area (Å²) >= 11 is 0.